The molecule has 1 aliphatic carbocycles. The lowest BCUT2D eigenvalue weighted by atomic mass is 10.1. The number of amides is 1. The molecular formula is C16H19N5O2. The zero-order valence-corrected chi connectivity index (χ0v) is 12.8. The second-order valence-corrected chi connectivity index (χ2v) is 6.54. The van der Waals surface area contributed by atoms with Gasteiger partial charge in [-0.1, -0.05) is 0 Å². The first-order valence-electron chi connectivity index (χ1n) is 8.18. The smallest absolute Gasteiger partial charge is 0.260 e. The Morgan fingerprint density at radius 1 is 1.26 bits per heavy atom. The fourth-order valence-corrected chi connectivity index (χ4v) is 3.48. The summed E-state index contributed by atoms with van der Waals surface area (Å²) < 4.78 is 5.79. The summed E-state index contributed by atoms with van der Waals surface area (Å²) in [7, 11) is 0. The molecule has 1 saturated heterocycles. The van der Waals surface area contributed by atoms with E-state index in [0.717, 1.165) is 30.4 Å². The minimum absolute atomic E-state index is 0.0887. The van der Waals surface area contributed by atoms with E-state index in [1.807, 2.05) is 11.0 Å². The van der Waals surface area contributed by atoms with Crippen LogP contribution in [0.4, 0.5) is 11.4 Å². The maximum absolute atomic E-state index is 11.7. The van der Waals surface area contributed by atoms with Crippen LogP contribution in [0.3, 0.4) is 0 Å². The van der Waals surface area contributed by atoms with E-state index < -0.39 is 0 Å². The first-order chi connectivity index (χ1) is 11.3. The Morgan fingerprint density at radius 2 is 2.13 bits per heavy atom. The van der Waals surface area contributed by atoms with Crippen LogP contribution in [0.2, 0.25) is 0 Å². The predicted octanol–water partition coefficient (Wildman–Crippen LogP) is 0.269. The number of hydrogen-bond donors (Lipinski definition) is 2. The normalized spacial score (nSPS) is 23.0. The first-order valence-corrected chi connectivity index (χ1v) is 8.18. The van der Waals surface area contributed by atoms with Crippen LogP contribution in [0.25, 0.3) is 0 Å². The summed E-state index contributed by atoms with van der Waals surface area (Å²) in [5.41, 5.74) is 4.68. The third-order valence-electron chi connectivity index (χ3n) is 4.90. The molecule has 1 aromatic rings. The molecule has 0 unspecified atom stereocenters. The molecule has 3 aliphatic heterocycles. The molecule has 1 amide bonds. The number of nitrogens with one attached hydrogen (secondary N) is 2. The molecule has 7 heteroatoms. The van der Waals surface area contributed by atoms with Crippen molar-refractivity contribution in [2.75, 3.05) is 36.0 Å². The number of fused-ring (bicyclic) bond motifs is 3. The number of ether oxygens (including phenoxy) is 1. The van der Waals surface area contributed by atoms with Gasteiger partial charge in [0, 0.05) is 24.8 Å². The molecule has 0 aromatic heterocycles. The van der Waals surface area contributed by atoms with Gasteiger partial charge in [0.05, 0.1) is 11.7 Å². The van der Waals surface area contributed by atoms with Crippen molar-refractivity contribution in [3.8, 4) is 5.75 Å². The molecule has 120 valence electrons. The summed E-state index contributed by atoms with van der Waals surface area (Å²) in [6.45, 7) is 2.78. The van der Waals surface area contributed by atoms with Gasteiger partial charge in [-0.3, -0.25) is 4.79 Å². The molecule has 2 N–H and O–H groups in total. The fourth-order valence-electron chi connectivity index (χ4n) is 3.48. The lowest BCUT2D eigenvalue weighted by Crippen LogP contribution is -2.58. The first kappa shape index (κ1) is 13.2. The third-order valence-corrected chi connectivity index (χ3v) is 4.90. The number of carbonyl (C=O) groups excluding carboxylic acids is 1. The van der Waals surface area contributed by atoms with Gasteiger partial charge in [0.1, 0.15) is 18.9 Å². The largest absolute Gasteiger partial charge is 0.483 e. The molecular weight excluding hydrogens is 294 g/mol. The van der Waals surface area contributed by atoms with Crippen LogP contribution < -0.4 is 25.3 Å². The molecule has 5 rings (SSSR count). The second kappa shape index (κ2) is 4.86. The van der Waals surface area contributed by atoms with Gasteiger partial charge in [-0.25, -0.2) is 5.43 Å². The van der Waals surface area contributed by atoms with E-state index in [-0.39, 0.29) is 5.91 Å². The lowest BCUT2D eigenvalue weighted by Gasteiger charge is -2.41. The Balaban J connectivity index is 1.53. The van der Waals surface area contributed by atoms with E-state index in [1.165, 1.54) is 18.5 Å². The van der Waals surface area contributed by atoms with Gasteiger partial charge in [0.2, 0.25) is 0 Å². The van der Waals surface area contributed by atoms with Gasteiger partial charge < -0.3 is 19.9 Å². The molecule has 1 saturated carbocycles. The summed E-state index contributed by atoms with van der Waals surface area (Å²) in [6, 6.07) is 7.54. The number of amidine groups is 1. The van der Waals surface area contributed by atoms with Crippen molar-refractivity contribution in [1.82, 2.24) is 10.7 Å². The van der Waals surface area contributed by atoms with Gasteiger partial charge in [-0.2, -0.15) is 5.10 Å². The van der Waals surface area contributed by atoms with Crippen LogP contribution in [0.1, 0.15) is 12.8 Å². The summed E-state index contributed by atoms with van der Waals surface area (Å²) in [5.74, 6) is 1.50. The zero-order chi connectivity index (χ0) is 15.4. The summed E-state index contributed by atoms with van der Waals surface area (Å²) in [6.07, 6.45) is 2.53. The van der Waals surface area contributed by atoms with Crippen molar-refractivity contribution in [1.29, 1.82) is 0 Å². The fraction of sp³-hybridized carbons (Fsp3) is 0.500. The Kier molecular flexibility index (Phi) is 2.78. The monoisotopic (exact) mass is 313 g/mol. The number of carbonyl (C=O) groups is 1. The minimum Gasteiger partial charge on any atom is -0.483 e. The van der Waals surface area contributed by atoms with Crippen molar-refractivity contribution in [3.63, 3.8) is 0 Å². The molecule has 23 heavy (non-hydrogen) atoms. The molecule has 1 aromatic carbocycles. The third kappa shape index (κ3) is 2.15. The Morgan fingerprint density at radius 3 is 2.87 bits per heavy atom. The van der Waals surface area contributed by atoms with E-state index in [0.29, 0.717) is 25.2 Å². The van der Waals surface area contributed by atoms with Gasteiger partial charge in [0.25, 0.3) is 5.91 Å². The van der Waals surface area contributed by atoms with Gasteiger partial charge in [0.15, 0.2) is 5.84 Å². The molecule has 0 atom stereocenters. The van der Waals surface area contributed by atoms with Crippen LogP contribution >= 0.6 is 0 Å². The maximum atomic E-state index is 11.7. The van der Waals surface area contributed by atoms with E-state index in [2.05, 4.69) is 32.9 Å². The predicted molar refractivity (Wildman–Crippen MR) is 87.0 cm³/mol. The SMILES string of the molecule is O=C1CN2C(=NN1)COc1ccc(N(C3CC3)C3CNC3)cc12. The zero-order valence-electron chi connectivity index (χ0n) is 12.8. The van der Waals surface area contributed by atoms with Crippen molar-refractivity contribution < 1.29 is 9.53 Å². The molecule has 4 aliphatic rings. The highest BCUT2D eigenvalue weighted by molar-refractivity contribution is 6.08. The molecule has 0 radical (unpaired) electrons. The number of hydrazone groups is 1. The summed E-state index contributed by atoms with van der Waals surface area (Å²) in [5, 5.41) is 7.47. The van der Waals surface area contributed by atoms with Crippen molar-refractivity contribution in [3.05, 3.63) is 18.2 Å². The highest BCUT2D eigenvalue weighted by atomic mass is 16.5. The Bertz CT molecular complexity index is 696. The number of rotatable bonds is 3. The number of benzene rings is 1. The highest BCUT2D eigenvalue weighted by Gasteiger charge is 2.38. The number of nitrogens with zero attached hydrogens (tertiary/aromatic N) is 3. The average molecular weight is 313 g/mol. The van der Waals surface area contributed by atoms with Gasteiger partial charge >= 0.3 is 0 Å². The van der Waals surface area contributed by atoms with Crippen LogP contribution in [0.5, 0.6) is 5.75 Å². The Labute approximate surface area is 134 Å². The highest BCUT2D eigenvalue weighted by Crippen LogP contribution is 2.40. The van der Waals surface area contributed by atoms with E-state index >= 15 is 0 Å². The molecule has 7 nitrogen and oxygen atoms in total. The maximum Gasteiger partial charge on any atom is 0.260 e. The number of anilines is 2. The van der Waals surface area contributed by atoms with Crippen LogP contribution in [0.15, 0.2) is 23.3 Å². The van der Waals surface area contributed by atoms with Crippen molar-refractivity contribution >= 4 is 23.1 Å². The summed E-state index contributed by atoms with van der Waals surface area (Å²) in [4.78, 5) is 16.2. The van der Waals surface area contributed by atoms with E-state index in [1.54, 1.807) is 0 Å². The van der Waals surface area contributed by atoms with Crippen molar-refractivity contribution in [2.24, 2.45) is 5.10 Å². The Hall–Kier alpha value is -2.28. The second-order valence-electron chi connectivity index (χ2n) is 6.54. The molecule has 3 heterocycles. The lowest BCUT2D eigenvalue weighted by molar-refractivity contribution is -0.119. The van der Waals surface area contributed by atoms with E-state index in [4.69, 9.17) is 4.74 Å². The topological polar surface area (TPSA) is 69.2 Å². The van der Waals surface area contributed by atoms with E-state index in [9.17, 15) is 4.79 Å². The van der Waals surface area contributed by atoms with Gasteiger partial charge in [-0.05, 0) is 31.0 Å². The molecule has 2 fully saturated rings. The van der Waals surface area contributed by atoms with Gasteiger partial charge in [-0.15, -0.1) is 0 Å². The minimum atomic E-state index is -0.0887. The van der Waals surface area contributed by atoms with Crippen LogP contribution in [-0.2, 0) is 4.79 Å². The molecule has 0 spiro atoms. The van der Waals surface area contributed by atoms with Crippen molar-refractivity contribution in [2.45, 2.75) is 24.9 Å². The summed E-state index contributed by atoms with van der Waals surface area (Å²) >= 11 is 0. The number of hydrogen-bond acceptors (Lipinski definition) is 6. The van der Waals surface area contributed by atoms with Crippen LogP contribution in [-0.4, -0.2) is 50.1 Å². The average Bonchev–Trinajstić information content (AvgIpc) is 3.34. The molecule has 0 bridgehead atoms. The quantitative estimate of drug-likeness (QED) is 0.838. The standard InChI is InChI=1S/C16H19N5O2/c22-16-8-20-13-5-11(21(10-1-2-10)12-6-17-7-12)3-4-14(13)23-9-15(20)18-19-16/h3-5,10,12,17H,1-2,6-9H2,(H,19,22). The van der Waals surface area contributed by atoms with Crippen LogP contribution in [0, 0.1) is 0 Å².